The summed E-state index contributed by atoms with van der Waals surface area (Å²) in [7, 11) is 0. The molecule has 1 amide bonds. The Labute approximate surface area is 147 Å². The highest BCUT2D eigenvalue weighted by Gasteiger charge is 2.13. The summed E-state index contributed by atoms with van der Waals surface area (Å²) in [6, 6.07) is 27.9. The van der Waals surface area contributed by atoms with Crippen molar-refractivity contribution < 1.29 is 4.79 Å². The number of carbonyl (C=O) groups is 1. The molecule has 0 aromatic heterocycles. The van der Waals surface area contributed by atoms with Gasteiger partial charge < -0.3 is 16.4 Å². The zero-order valence-corrected chi connectivity index (χ0v) is 13.9. The lowest BCUT2D eigenvalue weighted by atomic mass is 10.0. The number of hydrogen-bond donors (Lipinski definition) is 2. The van der Waals surface area contributed by atoms with Crippen molar-refractivity contribution >= 4 is 23.0 Å². The Morgan fingerprint density at radius 1 is 0.760 bits per heavy atom. The van der Waals surface area contributed by atoms with E-state index in [0.29, 0.717) is 0 Å². The minimum Gasteiger partial charge on any atom is -0.370 e. The second-order valence-electron chi connectivity index (χ2n) is 5.87. The molecular weight excluding hydrogens is 310 g/mol. The van der Waals surface area contributed by atoms with Crippen molar-refractivity contribution in [2.24, 2.45) is 11.5 Å². The van der Waals surface area contributed by atoms with Crippen molar-refractivity contribution in [2.45, 2.75) is 12.5 Å². The van der Waals surface area contributed by atoms with Gasteiger partial charge in [-0.2, -0.15) is 0 Å². The highest BCUT2D eigenvalue weighted by molar-refractivity contribution is 5.77. The van der Waals surface area contributed by atoms with Gasteiger partial charge >= 0.3 is 0 Å². The fraction of sp³-hybridized carbons (Fsp3) is 0.0952. The lowest BCUT2D eigenvalue weighted by Crippen LogP contribution is -2.20. The molecule has 0 aliphatic carbocycles. The van der Waals surface area contributed by atoms with E-state index >= 15 is 0 Å². The van der Waals surface area contributed by atoms with E-state index in [1.807, 2.05) is 60.7 Å². The number of para-hydroxylation sites is 2. The third kappa shape index (κ3) is 4.05. The van der Waals surface area contributed by atoms with Gasteiger partial charge in [-0.25, -0.2) is 0 Å². The number of amides is 1. The predicted octanol–water partition coefficient (Wildman–Crippen LogP) is 4.03. The molecule has 0 heterocycles. The van der Waals surface area contributed by atoms with Crippen LogP contribution in [0.2, 0.25) is 0 Å². The zero-order valence-electron chi connectivity index (χ0n) is 13.9. The van der Waals surface area contributed by atoms with Crippen LogP contribution in [0.25, 0.3) is 0 Å². The summed E-state index contributed by atoms with van der Waals surface area (Å²) in [6.45, 7) is 0. The standard InChI is InChI=1S/C21H21N3O/c22-20(15-21(23)25)16-11-13-19(14-12-16)24(17-7-3-1-4-8-17)18-9-5-2-6-10-18/h1-14,20H,15,22H2,(H2,23,25). The first-order valence-corrected chi connectivity index (χ1v) is 8.19. The van der Waals surface area contributed by atoms with E-state index in [4.69, 9.17) is 11.5 Å². The van der Waals surface area contributed by atoms with Crippen LogP contribution in [-0.2, 0) is 4.79 Å². The summed E-state index contributed by atoms with van der Waals surface area (Å²) in [6.07, 6.45) is 0.139. The number of benzene rings is 3. The molecule has 3 aromatic carbocycles. The van der Waals surface area contributed by atoms with Gasteiger partial charge in [0.15, 0.2) is 0 Å². The largest absolute Gasteiger partial charge is 0.370 e. The van der Waals surface area contributed by atoms with Gasteiger partial charge in [0, 0.05) is 29.5 Å². The van der Waals surface area contributed by atoms with E-state index in [0.717, 1.165) is 22.6 Å². The fourth-order valence-corrected chi connectivity index (χ4v) is 2.81. The maximum absolute atomic E-state index is 11.1. The molecule has 4 N–H and O–H groups in total. The van der Waals surface area contributed by atoms with E-state index < -0.39 is 5.91 Å². The van der Waals surface area contributed by atoms with Gasteiger partial charge in [-0.1, -0.05) is 48.5 Å². The summed E-state index contributed by atoms with van der Waals surface area (Å²) >= 11 is 0. The van der Waals surface area contributed by atoms with Crippen LogP contribution in [0.4, 0.5) is 17.1 Å². The second kappa shape index (κ2) is 7.64. The topological polar surface area (TPSA) is 72.3 Å². The van der Waals surface area contributed by atoms with Crippen molar-refractivity contribution in [1.82, 2.24) is 0 Å². The Hall–Kier alpha value is -3.11. The third-order valence-corrected chi connectivity index (χ3v) is 4.03. The molecular formula is C21H21N3O. The van der Waals surface area contributed by atoms with E-state index in [2.05, 4.69) is 29.2 Å². The zero-order chi connectivity index (χ0) is 17.6. The Balaban J connectivity index is 1.96. The Morgan fingerprint density at radius 3 is 1.64 bits per heavy atom. The smallest absolute Gasteiger partial charge is 0.219 e. The fourth-order valence-electron chi connectivity index (χ4n) is 2.81. The minimum absolute atomic E-state index is 0.139. The molecule has 0 aliphatic heterocycles. The first kappa shape index (κ1) is 16.7. The Morgan fingerprint density at radius 2 is 1.20 bits per heavy atom. The minimum atomic E-state index is -0.397. The van der Waals surface area contributed by atoms with E-state index in [1.165, 1.54) is 0 Å². The summed E-state index contributed by atoms with van der Waals surface area (Å²) in [5.41, 5.74) is 15.3. The number of anilines is 3. The molecule has 3 aromatic rings. The van der Waals surface area contributed by atoms with Crippen molar-refractivity contribution in [3.63, 3.8) is 0 Å². The summed E-state index contributed by atoms with van der Waals surface area (Å²) in [5, 5.41) is 0. The summed E-state index contributed by atoms with van der Waals surface area (Å²) < 4.78 is 0. The van der Waals surface area contributed by atoms with Crippen LogP contribution in [0.15, 0.2) is 84.9 Å². The number of hydrogen-bond acceptors (Lipinski definition) is 3. The molecule has 25 heavy (non-hydrogen) atoms. The third-order valence-electron chi connectivity index (χ3n) is 4.03. The van der Waals surface area contributed by atoms with Crippen molar-refractivity contribution in [2.75, 3.05) is 4.90 Å². The van der Waals surface area contributed by atoms with Crippen molar-refractivity contribution in [3.8, 4) is 0 Å². The van der Waals surface area contributed by atoms with Gasteiger partial charge in [-0.3, -0.25) is 4.79 Å². The second-order valence-corrected chi connectivity index (χ2v) is 5.87. The van der Waals surface area contributed by atoms with Gasteiger partial charge in [-0.15, -0.1) is 0 Å². The first-order valence-electron chi connectivity index (χ1n) is 8.19. The molecule has 0 saturated carbocycles. The van der Waals surface area contributed by atoms with Crippen LogP contribution in [0.1, 0.15) is 18.0 Å². The number of rotatable bonds is 6. The Kier molecular flexibility index (Phi) is 5.11. The highest BCUT2D eigenvalue weighted by Crippen LogP contribution is 2.34. The molecule has 1 atom stereocenters. The van der Waals surface area contributed by atoms with Gasteiger partial charge in [0.2, 0.25) is 5.91 Å². The van der Waals surface area contributed by atoms with Crippen molar-refractivity contribution in [1.29, 1.82) is 0 Å². The van der Waals surface area contributed by atoms with E-state index in [9.17, 15) is 4.79 Å². The average molecular weight is 331 g/mol. The van der Waals surface area contributed by atoms with E-state index in [1.54, 1.807) is 0 Å². The normalized spacial score (nSPS) is 11.7. The Bertz CT molecular complexity index is 777. The van der Waals surface area contributed by atoms with E-state index in [-0.39, 0.29) is 12.5 Å². The summed E-state index contributed by atoms with van der Waals surface area (Å²) in [4.78, 5) is 13.2. The maximum Gasteiger partial charge on any atom is 0.219 e. The van der Waals surface area contributed by atoms with Gasteiger partial charge in [-0.05, 0) is 42.0 Å². The first-order chi connectivity index (χ1) is 12.1. The lowest BCUT2D eigenvalue weighted by molar-refractivity contribution is -0.118. The number of nitrogens with zero attached hydrogens (tertiary/aromatic N) is 1. The molecule has 0 saturated heterocycles. The maximum atomic E-state index is 11.1. The number of carbonyl (C=O) groups excluding carboxylic acids is 1. The van der Waals surface area contributed by atoms with Gasteiger partial charge in [0.1, 0.15) is 0 Å². The van der Waals surface area contributed by atoms with Gasteiger partial charge in [0.05, 0.1) is 0 Å². The number of primary amides is 1. The average Bonchev–Trinajstić information content (AvgIpc) is 2.64. The van der Waals surface area contributed by atoms with Crippen molar-refractivity contribution in [3.05, 3.63) is 90.5 Å². The molecule has 4 heteroatoms. The monoisotopic (exact) mass is 331 g/mol. The predicted molar refractivity (Wildman–Crippen MR) is 102 cm³/mol. The molecule has 4 nitrogen and oxygen atoms in total. The quantitative estimate of drug-likeness (QED) is 0.716. The molecule has 0 bridgehead atoms. The molecule has 0 aliphatic rings. The molecule has 0 spiro atoms. The SMILES string of the molecule is NC(=O)CC(N)c1ccc(N(c2ccccc2)c2ccccc2)cc1. The molecule has 126 valence electrons. The van der Waals surface area contributed by atoms with Crippen LogP contribution in [0.5, 0.6) is 0 Å². The molecule has 1 unspecified atom stereocenters. The summed E-state index contributed by atoms with van der Waals surface area (Å²) in [5.74, 6) is -0.397. The van der Waals surface area contributed by atoms with Gasteiger partial charge in [0.25, 0.3) is 0 Å². The van der Waals surface area contributed by atoms with Crippen LogP contribution < -0.4 is 16.4 Å². The highest BCUT2D eigenvalue weighted by atomic mass is 16.1. The van der Waals surface area contributed by atoms with Crippen LogP contribution >= 0.6 is 0 Å². The molecule has 0 radical (unpaired) electrons. The van der Waals surface area contributed by atoms with Crippen LogP contribution in [-0.4, -0.2) is 5.91 Å². The van der Waals surface area contributed by atoms with Crippen LogP contribution in [0, 0.1) is 0 Å². The lowest BCUT2D eigenvalue weighted by Gasteiger charge is -2.25. The molecule has 0 fully saturated rings. The molecule has 3 rings (SSSR count). The number of nitrogens with two attached hydrogens (primary N) is 2. The van der Waals surface area contributed by atoms with Crippen LogP contribution in [0.3, 0.4) is 0 Å².